The van der Waals surface area contributed by atoms with Crippen LogP contribution in [-0.4, -0.2) is 55.7 Å². The number of para-hydroxylation sites is 2. The second kappa shape index (κ2) is 10.4. The smallest absolute Gasteiger partial charge is 0.193 e. The van der Waals surface area contributed by atoms with Gasteiger partial charge in [-0.3, -0.25) is 4.99 Å². The first-order chi connectivity index (χ1) is 13.1. The van der Waals surface area contributed by atoms with E-state index < -0.39 is 11.6 Å². The summed E-state index contributed by atoms with van der Waals surface area (Å²) >= 11 is 0. The summed E-state index contributed by atoms with van der Waals surface area (Å²) in [5, 5.41) is 13.2. The van der Waals surface area contributed by atoms with E-state index in [4.69, 9.17) is 0 Å². The van der Waals surface area contributed by atoms with Crippen LogP contribution >= 0.6 is 24.0 Å². The van der Waals surface area contributed by atoms with Gasteiger partial charge in [-0.2, -0.15) is 0 Å². The molecular formula is C20H25F2IN4O. The largest absolute Gasteiger partial charge is 0.506 e. The van der Waals surface area contributed by atoms with E-state index in [-0.39, 0.29) is 29.7 Å². The third kappa shape index (κ3) is 5.46. The molecule has 0 spiro atoms. The summed E-state index contributed by atoms with van der Waals surface area (Å²) in [7, 11) is 1.71. The minimum Gasteiger partial charge on any atom is -0.506 e. The maximum atomic E-state index is 13.7. The molecule has 2 aromatic carbocycles. The van der Waals surface area contributed by atoms with Crippen molar-refractivity contribution < 1.29 is 13.9 Å². The van der Waals surface area contributed by atoms with Crippen LogP contribution in [0.15, 0.2) is 47.5 Å². The second-order valence-electron chi connectivity index (χ2n) is 6.42. The highest BCUT2D eigenvalue weighted by molar-refractivity contribution is 14.0. The second-order valence-corrected chi connectivity index (χ2v) is 6.42. The lowest BCUT2D eigenvalue weighted by atomic mass is 10.1. The van der Waals surface area contributed by atoms with E-state index >= 15 is 0 Å². The Hall–Kier alpha value is -2.10. The summed E-state index contributed by atoms with van der Waals surface area (Å²) in [4.78, 5) is 8.56. The van der Waals surface area contributed by atoms with Gasteiger partial charge in [-0.1, -0.05) is 12.1 Å². The highest BCUT2D eigenvalue weighted by atomic mass is 127. The Morgan fingerprint density at radius 2 is 1.82 bits per heavy atom. The van der Waals surface area contributed by atoms with Crippen molar-refractivity contribution in [3.8, 4) is 5.75 Å². The quantitative estimate of drug-likeness (QED) is 0.383. The number of phenols is 1. The number of phenolic OH excluding ortho intramolecular Hbond substituents is 1. The minimum atomic E-state index is -0.434. The Bertz CT molecular complexity index is 811. The normalized spacial score (nSPS) is 14.6. The number of aliphatic imine (C=N–C) groups is 1. The molecule has 1 aliphatic heterocycles. The zero-order valence-electron chi connectivity index (χ0n) is 15.7. The van der Waals surface area contributed by atoms with Crippen LogP contribution < -0.4 is 10.2 Å². The van der Waals surface area contributed by atoms with E-state index in [1.165, 1.54) is 6.07 Å². The van der Waals surface area contributed by atoms with Crippen molar-refractivity contribution in [2.45, 2.75) is 6.42 Å². The van der Waals surface area contributed by atoms with Crippen LogP contribution in [-0.2, 0) is 6.42 Å². The number of hydrogen-bond donors (Lipinski definition) is 2. The van der Waals surface area contributed by atoms with Crippen LogP contribution in [0.4, 0.5) is 14.5 Å². The number of aromatic hydroxyl groups is 1. The molecule has 1 aliphatic rings. The number of benzene rings is 2. The van der Waals surface area contributed by atoms with Gasteiger partial charge in [0.05, 0.1) is 5.69 Å². The summed E-state index contributed by atoms with van der Waals surface area (Å²) in [6, 6.07) is 10.8. The molecule has 8 heteroatoms. The molecule has 1 fully saturated rings. The standard InChI is InChI=1S/C20H24F2N4O.HI/c1-23-20(24-9-8-15-14-16(21)6-7-17(15)22)26-12-10-25(11-13-26)18-4-2-3-5-19(18)27;/h2-7,14,27H,8-13H2,1H3,(H,23,24);1H. The average molecular weight is 502 g/mol. The van der Waals surface area contributed by atoms with Gasteiger partial charge in [0.15, 0.2) is 5.96 Å². The minimum absolute atomic E-state index is 0. The van der Waals surface area contributed by atoms with Crippen molar-refractivity contribution in [1.82, 2.24) is 10.2 Å². The van der Waals surface area contributed by atoms with Crippen molar-refractivity contribution in [1.29, 1.82) is 0 Å². The van der Waals surface area contributed by atoms with Gasteiger partial charge in [0.2, 0.25) is 0 Å². The summed E-state index contributed by atoms with van der Waals surface area (Å²) in [5.74, 6) is 0.190. The number of anilines is 1. The third-order valence-electron chi connectivity index (χ3n) is 4.70. The predicted molar refractivity (Wildman–Crippen MR) is 119 cm³/mol. The van der Waals surface area contributed by atoms with Crippen LogP contribution in [0.2, 0.25) is 0 Å². The lowest BCUT2D eigenvalue weighted by Gasteiger charge is -2.37. The van der Waals surface area contributed by atoms with Crippen LogP contribution in [0, 0.1) is 11.6 Å². The van der Waals surface area contributed by atoms with Crippen molar-refractivity contribution in [2.75, 3.05) is 44.7 Å². The Labute approximate surface area is 181 Å². The van der Waals surface area contributed by atoms with E-state index in [9.17, 15) is 13.9 Å². The van der Waals surface area contributed by atoms with Gasteiger partial charge in [0.25, 0.3) is 0 Å². The van der Waals surface area contributed by atoms with Gasteiger partial charge >= 0.3 is 0 Å². The fourth-order valence-corrected chi connectivity index (χ4v) is 3.27. The lowest BCUT2D eigenvalue weighted by Crippen LogP contribution is -2.52. The summed E-state index contributed by atoms with van der Waals surface area (Å²) in [6.07, 6.45) is 0.375. The molecule has 0 saturated carbocycles. The monoisotopic (exact) mass is 502 g/mol. The molecule has 2 aromatic rings. The van der Waals surface area contributed by atoms with Gasteiger partial charge in [-0.15, -0.1) is 24.0 Å². The number of halogens is 3. The fraction of sp³-hybridized carbons (Fsp3) is 0.350. The van der Waals surface area contributed by atoms with Gasteiger partial charge in [0.1, 0.15) is 17.4 Å². The molecule has 3 rings (SSSR count). The Kier molecular flexibility index (Phi) is 8.28. The molecule has 2 N–H and O–H groups in total. The number of nitrogens with zero attached hydrogens (tertiary/aromatic N) is 3. The number of rotatable bonds is 4. The number of hydrogen-bond acceptors (Lipinski definition) is 3. The Morgan fingerprint density at radius 1 is 1.11 bits per heavy atom. The van der Waals surface area contributed by atoms with Crippen molar-refractivity contribution in [3.63, 3.8) is 0 Å². The van der Waals surface area contributed by atoms with Crippen molar-refractivity contribution in [2.24, 2.45) is 4.99 Å². The maximum absolute atomic E-state index is 13.7. The number of piperazine rings is 1. The summed E-state index contributed by atoms with van der Waals surface area (Å²) in [5.41, 5.74) is 1.18. The summed E-state index contributed by atoms with van der Waals surface area (Å²) < 4.78 is 27.0. The summed E-state index contributed by atoms with van der Waals surface area (Å²) in [6.45, 7) is 3.49. The first-order valence-corrected chi connectivity index (χ1v) is 9.01. The predicted octanol–water partition coefficient (Wildman–Crippen LogP) is 3.23. The topological polar surface area (TPSA) is 51.1 Å². The molecule has 0 atom stereocenters. The van der Waals surface area contributed by atoms with Gasteiger partial charge in [-0.25, -0.2) is 8.78 Å². The first-order valence-electron chi connectivity index (χ1n) is 9.01. The number of nitrogens with one attached hydrogen (secondary N) is 1. The van der Waals surface area contributed by atoms with Crippen molar-refractivity contribution in [3.05, 3.63) is 59.7 Å². The highest BCUT2D eigenvalue weighted by Crippen LogP contribution is 2.27. The highest BCUT2D eigenvalue weighted by Gasteiger charge is 2.21. The van der Waals surface area contributed by atoms with Crippen LogP contribution in [0.3, 0.4) is 0 Å². The van der Waals surface area contributed by atoms with E-state index in [1.807, 2.05) is 18.2 Å². The van der Waals surface area contributed by atoms with E-state index in [1.54, 1.807) is 13.1 Å². The molecule has 0 amide bonds. The molecule has 5 nitrogen and oxygen atoms in total. The van der Waals surface area contributed by atoms with E-state index in [0.29, 0.717) is 18.5 Å². The number of guanidine groups is 1. The average Bonchev–Trinajstić information content (AvgIpc) is 2.68. The zero-order chi connectivity index (χ0) is 19.2. The fourth-order valence-electron chi connectivity index (χ4n) is 3.27. The van der Waals surface area contributed by atoms with Crippen LogP contribution in [0.5, 0.6) is 5.75 Å². The van der Waals surface area contributed by atoms with Crippen LogP contribution in [0.25, 0.3) is 0 Å². The lowest BCUT2D eigenvalue weighted by molar-refractivity contribution is 0.370. The molecule has 152 valence electrons. The van der Waals surface area contributed by atoms with Gasteiger partial charge in [0, 0.05) is 39.8 Å². The molecule has 28 heavy (non-hydrogen) atoms. The van der Waals surface area contributed by atoms with E-state index in [0.717, 1.165) is 50.0 Å². The molecule has 0 aromatic heterocycles. The molecule has 1 heterocycles. The molecule has 0 radical (unpaired) electrons. The molecule has 0 unspecified atom stereocenters. The van der Waals surface area contributed by atoms with Gasteiger partial charge < -0.3 is 20.2 Å². The van der Waals surface area contributed by atoms with Crippen LogP contribution in [0.1, 0.15) is 5.56 Å². The van der Waals surface area contributed by atoms with Gasteiger partial charge in [-0.05, 0) is 42.3 Å². The molecule has 0 aliphatic carbocycles. The Morgan fingerprint density at radius 3 is 2.50 bits per heavy atom. The molecular weight excluding hydrogens is 477 g/mol. The zero-order valence-corrected chi connectivity index (χ0v) is 18.1. The Balaban J connectivity index is 0.00000280. The maximum Gasteiger partial charge on any atom is 0.193 e. The SMILES string of the molecule is CN=C(NCCc1cc(F)ccc1F)N1CCN(c2ccccc2O)CC1.I. The third-order valence-corrected chi connectivity index (χ3v) is 4.70. The molecule has 0 bridgehead atoms. The van der Waals surface area contributed by atoms with Crippen molar-refractivity contribution >= 4 is 35.6 Å². The first kappa shape index (κ1) is 22.2. The van der Waals surface area contributed by atoms with E-state index in [2.05, 4.69) is 20.1 Å². The molecule has 1 saturated heterocycles.